The molecule has 1 saturated heterocycles. The minimum Gasteiger partial charge on any atom is -0.389 e. The van der Waals surface area contributed by atoms with E-state index in [1.54, 1.807) is 0 Å². The van der Waals surface area contributed by atoms with Crippen LogP contribution in [0.5, 0.6) is 0 Å². The third kappa shape index (κ3) is 3.93. The molecule has 0 bridgehead atoms. The van der Waals surface area contributed by atoms with Crippen LogP contribution >= 0.6 is 0 Å². The molecule has 0 amide bonds. The van der Waals surface area contributed by atoms with E-state index < -0.39 is 15.4 Å². The summed E-state index contributed by atoms with van der Waals surface area (Å²) in [6.45, 7) is 0.549. The van der Waals surface area contributed by atoms with Gasteiger partial charge in [0.25, 0.3) is 0 Å². The maximum Gasteiger partial charge on any atom is 0.151 e. The first-order chi connectivity index (χ1) is 7.99. The lowest BCUT2D eigenvalue weighted by Gasteiger charge is -2.28. The molecule has 0 aromatic carbocycles. The van der Waals surface area contributed by atoms with Gasteiger partial charge < -0.3 is 10.4 Å². The van der Waals surface area contributed by atoms with Gasteiger partial charge in [0.2, 0.25) is 0 Å². The highest BCUT2D eigenvalue weighted by Gasteiger charge is 2.32. The first-order valence-corrected chi connectivity index (χ1v) is 8.48. The summed E-state index contributed by atoms with van der Waals surface area (Å²) in [5.41, 5.74) is -0.608. The number of nitrogens with one attached hydrogen (secondary N) is 1. The summed E-state index contributed by atoms with van der Waals surface area (Å²) in [4.78, 5) is 0. The molecule has 17 heavy (non-hydrogen) atoms. The van der Waals surface area contributed by atoms with Crippen LogP contribution in [-0.2, 0) is 9.84 Å². The zero-order chi connectivity index (χ0) is 12.4. The fourth-order valence-electron chi connectivity index (χ4n) is 2.85. The van der Waals surface area contributed by atoms with Crippen molar-refractivity contribution >= 4 is 9.84 Å². The minimum atomic E-state index is -2.82. The van der Waals surface area contributed by atoms with Gasteiger partial charge in [-0.15, -0.1) is 0 Å². The number of hydrogen-bond acceptors (Lipinski definition) is 4. The quantitative estimate of drug-likeness (QED) is 0.739. The molecule has 1 aliphatic heterocycles. The summed E-state index contributed by atoms with van der Waals surface area (Å²) in [5, 5.41) is 13.7. The van der Waals surface area contributed by atoms with E-state index >= 15 is 0 Å². The van der Waals surface area contributed by atoms with E-state index in [0.717, 1.165) is 25.7 Å². The van der Waals surface area contributed by atoms with Gasteiger partial charge in [0.05, 0.1) is 17.1 Å². The van der Waals surface area contributed by atoms with Crippen LogP contribution in [0.15, 0.2) is 0 Å². The molecule has 1 unspecified atom stereocenters. The number of hydrogen-bond donors (Lipinski definition) is 2. The molecule has 0 aromatic rings. The Morgan fingerprint density at radius 2 is 1.82 bits per heavy atom. The van der Waals surface area contributed by atoms with Gasteiger partial charge in [-0.1, -0.05) is 25.7 Å². The van der Waals surface area contributed by atoms with Crippen LogP contribution in [0.3, 0.4) is 0 Å². The Hall–Kier alpha value is -0.130. The maximum atomic E-state index is 11.3. The van der Waals surface area contributed by atoms with Gasteiger partial charge in [-0.3, -0.25) is 0 Å². The van der Waals surface area contributed by atoms with Gasteiger partial charge in [0.15, 0.2) is 9.84 Å². The molecule has 1 saturated carbocycles. The Kier molecular flexibility index (Phi) is 4.10. The van der Waals surface area contributed by atoms with Crippen molar-refractivity contribution in [3.8, 4) is 0 Å². The summed E-state index contributed by atoms with van der Waals surface area (Å²) in [7, 11) is -2.82. The van der Waals surface area contributed by atoms with E-state index in [1.165, 1.54) is 12.8 Å². The van der Waals surface area contributed by atoms with Crippen molar-refractivity contribution in [2.45, 2.75) is 56.6 Å². The largest absolute Gasteiger partial charge is 0.389 e. The van der Waals surface area contributed by atoms with E-state index in [9.17, 15) is 13.5 Å². The highest BCUT2D eigenvalue weighted by atomic mass is 32.2. The molecule has 2 aliphatic rings. The van der Waals surface area contributed by atoms with Crippen molar-refractivity contribution in [2.75, 3.05) is 18.1 Å². The first kappa shape index (κ1) is 13.3. The van der Waals surface area contributed by atoms with Crippen molar-refractivity contribution in [2.24, 2.45) is 0 Å². The summed E-state index contributed by atoms with van der Waals surface area (Å²) in [5.74, 6) is 0.534. The standard InChI is InChI=1S/C12H23NO3S/c14-12(6-3-1-2-4-7-12)10-13-11-5-8-17(15,16)9-11/h11,13-14H,1-10H2. The molecular formula is C12H23NO3S. The third-order valence-electron chi connectivity index (χ3n) is 3.99. The predicted molar refractivity (Wildman–Crippen MR) is 67.7 cm³/mol. The van der Waals surface area contributed by atoms with Gasteiger partial charge in [0.1, 0.15) is 0 Å². The van der Waals surface area contributed by atoms with Gasteiger partial charge in [-0.25, -0.2) is 8.42 Å². The number of aliphatic hydroxyl groups is 1. The lowest BCUT2D eigenvalue weighted by molar-refractivity contribution is 0.0234. The molecule has 4 nitrogen and oxygen atoms in total. The fourth-order valence-corrected chi connectivity index (χ4v) is 4.56. The Labute approximate surface area is 104 Å². The van der Waals surface area contributed by atoms with Gasteiger partial charge in [0, 0.05) is 12.6 Å². The van der Waals surface area contributed by atoms with Gasteiger partial charge >= 0.3 is 0 Å². The number of rotatable bonds is 3. The van der Waals surface area contributed by atoms with Crippen LogP contribution in [0.2, 0.25) is 0 Å². The highest BCUT2D eigenvalue weighted by Crippen LogP contribution is 2.26. The average molecular weight is 261 g/mol. The Morgan fingerprint density at radius 3 is 2.35 bits per heavy atom. The lowest BCUT2D eigenvalue weighted by atomic mass is 9.94. The molecule has 2 N–H and O–H groups in total. The molecule has 0 aromatic heterocycles. The summed E-state index contributed by atoms with van der Waals surface area (Å²) >= 11 is 0. The summed E-state index contributed by atoms with van der Waals surface area (Å²) in [6.07, 6.45) is 6.97. The van der Waals surface area contributed by atoms with Crippen LogP contribution in [0, 0.1) is 0 Å². The minimum absolute atomic E-state index is 0.0484. The smallest absolute Gasteiger partial charge is 0.151 e. The van der Waals surface area contributed by atoms with E-state index in [2.05, 4.69) is 5.32 Å². The first-order valence-electron chi connectivity index (χ1n) is 6.65. The van der Waals surface area contributed by atoms with E-state index in [1.807, 2.05) is 0 Å². The second-order valence-electron chi connectivity index (χ2n) is 5.62. The van der Waals surface area contributed by atoms with Gasteiger partial charge in [-0.2, -0.15) is 0 Å². The predicted octanol–water partition coefficient (Wildman–Crippen LogP) is 0.848. The molecule has 5 heteroatoms. The SMILES string of the molecule is O=S1(=O)CCC(NCC2(O)CCCCCC2)C1. The second-order valence-corrected chi connectivity index (χ2v) is 7.85. The zero-order valence-corrected chi connectivity index (χ0v) is 11.1. The number of sulfone groups is 1. The van der Waals surface area contributed by atoms with Crippen LogP contribution in [0.1, 0.15) is 44.9 Å². The normalized spacial score (nSPS) is 32.2. The molecule has 1 aliphatic carbocycles. The van der Waals surface area contributed by atoms with Crippen molar-refractivity contribution in [1.29, 1.82) is 0 Å². The van der Waals surface area contributed by atoms with E-state index in [-0.39, 0.29) is 11.8 Å². The monoisotopic (exact) mass is 261 g/mol. The Balaban J connectivity index is 1.81. The average Bonchev–Trinajstić information content (AvgIpc) is 2.47. The lowest BCUT2D eigenvalue weighted by Crippen LogP contribution is -2.44. The molecule has 2 fully saturated rings. The van der Waals surface area contributed by atoms with Crippen molar-refractivity contribution in [3.63, 3.8) is 0 Å². The molecule has 100 valence electrons. The van der Waals surface area contributed by atoms with Crippen LogP contribution in [-0.4, -0.2) is 43.2 Å². The molecule has 0 spiro atoms. The Bertz CT molecular complexity index is 345. The molecule has 1 heterocycles. The molecule has 0 radical (unpaired) electrons. The maximum absolute atomic E-state index is 11.3. The summed E-state index contributed by atoms with van der Waals surface area (Å²) < 4.78 is 22.6. The highest BCUT2D eigenvalue weighted by molar-refractivity contribution is 7.91. The Morgan fingerprint density at radius 1 is 1.18 bits per heavy atom. The fraction of sp³-hybridized carbons (Fsp3) is 1.00. The molecular weight excluding hydrogens is 238 g/mol. The van der Waals surface area contributed by atoms with Crippen LogP contribution < -0.4 is 5.32 Å². The van der Waals surface area contributed by atoms with Gasteiger partial charge in [-0.05, 0) is 19.3 Å². The zero-order valence-electron chi connectivity index (χ0n) is 10.3. The topological polar surface area (TPSA) is 66.4 Å². The van der Waals surface area contributed by atoms with E-state index in [0.29, 0.717) is 18.7 Å². The van der Waals surface area contributed by atoms with Crippen molar-refractivity contribution in [1.82, 2.24) is 5.32 Å². The summed E-state index contributed by atoms with van der Waals surface area (Å²) in [6, 6.07) is 0.0484. The van der Waals surface area contributed by atoms with Crippen LogP contribution in [0.25, 0.3) is 0 Å². The molecule has 2 rings (SSSR count). The molecule has 1 atom stereocenters. The van der Waals surface area contributed by atoms with Crippen LogP contribution in [0.4, 0.5) is 0 Å². The van der Waals surface area contributed by atoms with E-state index in [4.69, 9.17) is 0 Å². The van der Waals surface area contributed by atoms with Crippen molar-refractivity contribution < 1.29 is 13.5 Å². The second kappa shape index (κ2) is 5.24. The van der Waals surface area contributed by atoms with Crippen molar-refractivity contribution in [3.05, 3.63) is 0 Å². The third-order valence-corrected chi connectivity index (χ3v) is 5.75.